The molecule has 2 heterocycles. The van der Waals surface area contributed by atoms with Gasteiger partial charge in [-0.05, 0) is 58.0 Å². The Labute approximate surface area is 301 Å². The fraction of sp³-hybridized carbons (Fsp3) is 0.0417. The Kier molecular flexibility index (Phi) is 6.83. The van der Waals surface area contributed by atoms with Crippen LogP contribution in [-0.4, -0.2) is 9.97 Å². The zero-order valence-electron chi connectivity index (χ0n) is 28.0. The van der Waals surface area contributed by atoms with Gasteiger partial charge in [-0.2, -0.15) is 0 Å². The topological polar surface area (TPSA) is 25.8 Å². The molecule has 0 radical (unpaired) electrons. The number of aromatic nitrogens is 2. The Morgan fingerprint density at radius 2 is 1.00 bits per heavy atom. The normalized spacial score (nSPS) is 14.8. The lowest BCUT2D eigenvalue weighted by Crippen LogP contribution is -2.23. The molecule has 0 N–H and O–H groups in total. The van der Waals surface area contributed by atoms with Gasteiger partial charge in [-0.25, -0.2) is 9.97 Å². The van der Waals surface area contributed by atoms with E-state index < -0.39 is 0 Å². The van der Waals surface area contributed by atoms with Gasteiger partial charge in [0, 0.05) is 42.3 Å². The highest BCUT2D eigenvalue weighted by atomic mass is 32.1. The minimum Gasteiger partial charge on any atom is -0.228 e. The second-order valence-corrected chi connectivity index (χ2v) is 14.5. The summed E-state index contributed by atoms with van der Waals surface area (Å²) in [6.45, 7) is 2.39. The first-order valence-electron chi connectivity index (χ1n) is 17.4. The minimum absolute atomic E-state index is 0.334. The summed E-state index contributed by atoms with van der Waals surface area (Å²) in [5.74, 6) is 0.718. The van der Waals surface area contributed by atoms with E-state index in [1.54, 1.807) is 0 Å². The molecule has 10 rings (SSSR count). The molecule has 240 valence electrons. The van der Waals surface area contributed by atoms with Gasteiger partial charge in [-0.15, -0.1) is 11.3 Å². The minimum atomic E-state index is -0.334. The fourth-order valence-electron chi connectivity index (χ4n) is 8.23. The van der Waals surface area contributed by atoms with Crippen LogP contribution in [0.3, 0.4) is 0 Å². The van der Waals surface area contributed by atoms with Crippen LogP contribution in [0.2, 0.25) is 0 Å². The van der Waals surface area contributed by atoms with Gasteiger partial charge in [0.15, 0.2) is 5.82 Å². The summed E-state index contributed by atoms with van der Waals surface area (Å²) in [5.41, 5.74) is 13.6. The molecule has 2 aromatic heterocycles. The van der Waals surface area contributed by atoms with Gasteiger partial charge in [-0.1, -0.05) is 164 Å². The maximum atomic E-state index is 5.33. The second kappa shape index (κ2) is 11.7. The number of thiophene rings is 1. The summed E-state index contributed by atoms with van der Waals surface area (Å²) in [6.07, 6.45) is 0. The van der Waals surface area contributed by atoms with Crippen LogP contribution in [0.25, 0.3) is 76.3 Å². The summed E-state index contributed by atoms with van der Waals surface area (Å²) in [4.78, 5) is 10.6. The second-order valence-electron chi connectivity index (χ2n) is 13.4. The van der Waals surface area contributed by atoms with E-state index in [9.17, 15) is 0 Å². The maximum absolute atomic E-state index is 5.33. The third kappa shape index (κ3) is 4.62. The Balaban J connectivity index is 1.23. The van der Waals surface area contributed by atoms with E-state index in [2.05, 4.69) is 177 Å². The van der Waals surface area contributed by atoms with Gasteiger partial charge in [0.05, 0.1) is 11.4 Å². The monoisotopic (exact) mass is 668 g/mol. The first-order valence-corrected chi connectivity index (χ1v) is 18.2. The van der Waals surface area contributed by atoms with Crippen LogP contribution in [0.15, 0.2) is 176 Å². The molecule has 51 heavy (non-hydrogen) atoms. The van der Waals surface area contributed by atoms with Crippen LogP contribution in [0, 0.1) is 0 Å². The van der Waals surface area contributed by atoms with E-state index in [1.807, 2.05) is 17.4 Å². The SMILES string of the molecule is CC1(c2ccccc2)c2ccccc2-c2cccc(-c3ccccc3-c3cc(-c4cccc5c4sc4ccccc45)nc(-c4ccccc4)n3)c21. The van der Waals surface area contributed by atoms with Crippen LogP contribution in [0.1, 0.15) is 23.6 Å². The number of hydrogen-bond donors (Lipinski definition) is 0. The molecular formula is C48H32N2S. The number of fused-ring (bicyclic) bond motifs is 6. The first-order chi connectivity index (χ1) is 25.2. The van der Waals surface area contributed by atoms with Crippen LogP contribution in [0.5, 0.6) is 0 Å². The molecule has 0 bridgehead atoms. The molecule has 0 spiro atoms. The van der Waals surface area contributed by atoms with Crippen molar-refractivity contribution >= 4 is 31.5 Å². The Hall–Kier alpha value is -6.16. The van der Waals surface area contributed by atoms with Crippen molar-refractivity contribution in [1.29, 1.82) is 0 Å². The molecule has 1 aliphatic rings. The van der Waals surface area contributed by atoms with Gasteiger partial charge in [0.25, 0.3) is 0 Å². The van der Waals surface area contributed by atoms with E-state index >= 15 is 0 Å². The van der Waals surface area contributed by atoms with Crippen molar-refractivity contribution in [2.45, 2.75) is 12.3 Å². The predicted octanol–water partition coefficient (Wildman–Crippen LogP) is 12.8. The van der Waals surface area contributed by atoms with Gasteiger partial charge >= 0.3 is 0 Å². The molecule has 0 fully saturated rings. The molecule has 0 saturated carbocycles. The Morgan fingerprint density at radius 1 is 0.451 bits per heavy atom. The summed E-state index contributed by atoms with van der Waals surface area (Å²) in [6, 6.07) is 63.2. The van der Waals surface area contributed by atoms with Gasteiger partial charge in [0.2, 0.25) is 0 Å². The molecule has 0 aliphatic heterocycles. The van der Waals surface area contributed by atoms with E-state index in [1.165, 1.54) is 53.6 Å². The third-order valence-electron chi connectivity index (χ3n) is 10.6. The van der Waals surface area contributed by atoms with E-state index in [0.29, 0.717) is 0 Å². The summed E-state index contributed by atoms with van der Waals surface area (Å²) in [5, 5.41) is 2.54. The number of hydrogen-bond acceptors (Lipinski definition) is 3. The lowest BCUT2D eigenvalue weighted by Gasteiger charge is -2.30. The summed E-state index contributed by atoms with van der Waals surface area (Å²) in [7, 11) is 0. The molecule has 3 heteroatoms. The zero-order valence-corrected chi connectivity index (χ0v) is 28.9. The lowest BCUT2D eigenvalue weighted by molar-refractivity contribution is 0.716. The highest BCUT2D eigenvalue weighted by molar-refractivity contribution is 7.26. The average Bonchev–Trinajstić information content (AvgIpc) is 3.72. The van der Waals surface area contributed by atoms with Crippen molar-refractivity contribution in [2.24, 2.45) is 0 Å². The van der Waals surface area contributed by atoms with E-state index in [-0.39, 0.29) is 5.41 Å². The molecule has 9 aromatic rings. The van der Waals surface area contributed by atoms with Crippen LogP contribution in [-0.2, 0) is 5.41 Å². The smallest absolute Gasteiger partial charge is 0.160 e. The van der Waals surface area contributed by atoms with Crippen molar-refractivity contribution in [2.75, 3.05) is 0 Å². The quantitative estimate of drug-likeness (QED) is 0.182. The summed E-state index contributed by atoms with van der Waals surface area (Å²) >= 11 is 1.83. The van der Waals surface area contributed by atoms with Gasteiger partial charge in [-0.3, -0.25) is 0 Å². The van der Waals surface area contributed by atoms with Crippen molar-refractivity contribution < 1.29 is 0 Å². The van der Waals surface area contributed by atoms with Crippen LogP contribution in [0.4, 0.5) is 0 Å². The summed E-state index contributed by atoms with van der Waals surface area (Å²) < 4.78 is 2.52. The molecular weight excluding hydrogens is 637 g/mol. The molecule has 0 amide bonds. The Morgan fingerprint density at radius 3 is 1.80 bits per heavy atom. The van der Waals surface area contributed by atoms with E-state index in [4.69, 9.17) is 9.97 Å². The van der Waals surface area contributed by atoms with Crippen LogP contribution < -0.4 is 0 Å². The van der Waals surface area contributed by atoms with Gasteiger partial charge in [0.1, 0.15) is 0 Å². The lowest BCUT2D eigenvalue weighted by atomic mass is 9.71. The van der Waals surface area contributed by atoms with E-state index in [0.717, 1.165) is 39.5 Å². The van der Waals surface area contributed by atoms with Gasteiger partial charge < -0.3 is 0 Å². The predicted molar refractivity (Wildman–Crippen MR) is 214 cm³/mol. The highest BCUT2D eigenvalue weighted by Crippen LogP contribution is 2.56. The molecule has 1 atom stereocenters. The number of nitrogens with zero attached hydrogens (tertiary/aromatic N) is 2. The highest BCUT2D eigenvalue weighted by Gasteiger charge is 2.42. The fourth-order valence-corrected chi connectivity index (χ4v) is 9.45. The molecule has 1 aliphatic carbocycles. The van der Waals surface area contributed by atoms with Crippen molar-refractivity contribution in [3.05, 3.63) is 193 Å². The standard InChI is InChI=1S/C48H32N2S/c1-48(32-18-6-3-7-19-32)41-28-12-10-21-34(41)38-25-14-24-37(45(38)48)33-20-8-9-22-35(33)42-30-43(50-47(49-42)31-16-4-2-5-17-31)40-27-15-26-39-36-23-11-13-29-44(36)51-46(39)40/h2-30H,1H3. The number of benzene rings is 7. The molecule has 0 saturated heterocycles. The zero-order chi connectivity index (χ0) is 33.9. The van der Waals surface area contributed by atoms with Crippen LogP contribution >= 0.6 is 11.3 Å². The first kappa shape index (κ1) is 29.7. The van der Waals surface area contributed by atoms with Crippen molar-refractivity contribution in [3.63, 3.8) is 0 Å². The largest absolute Gasteiger partial charge is 0.228 e. The third-order valence-corrected chi connectivity index (χ3v) is 11.8. The average molecular weight is 669 g/mol. The van der Waals surface area contributed by atoms with Crippen molar-refractivity contribution in [3.8, 4) is 56.2 Å². The van der Waals surface area contributed by atoms with Crippen molar-refractivity contribution in [1.82, 2.24) is 9.97 Å². The Bertz CT molecular complexity index is 2760. The molecule has 1 unspecified atom stereocenters. The molecule has 2 nitrogen and oxygen atoms in total. The maximum Gasteiger partial charge on any atom is 0.160 e. The number of rotatable bonds is 5. The molecule has 7 aromatic carbocycles.